The highest BCUT2D eigenvalue weighted by atomic mass is 32.2. The van der Waals surface area contributed by atoms with Gasteiger partial charge in [0, 0.05) is 32.2 Å². The summed E-state index contributed by atoms with van der Waals surface area (Å²) in [6, 6.07) is 3.55. The van der Waals surface area contributed by atoms with Crippen molar-refractivity contribution in [2.24, 2.45) is 7.05 Å². The van der Waals surface area contributed by atoms with Crippen LogP contribution < -0.4 is 20.9 Å². The number of fused-ring (bicyclic) bond motifs is 2. The molecule has 0 bridgehead atoms. The van der Waals surface area contributed by atoms with Crippen LogP contribution in [-0.4, -0.2) is 57.5 Å². The Morgan fingerprint density at radius 1 is 1.24 bits per heavy atom. The highest BCUT2D eigenvalue weighted by Gasteiger charge is 2.28. The van der Waals surface area contributed by atoms with Crippen LogP contribution in [0.25, 0.3) is 22.3 Å². The number of hydrogen-bond acceptors (Lipinski definition) is 8. The van der Waals surface area contributed by atoms with Gasteiger partial charge in [0.2, 0.25) is 21.9 Å². The predicted molar refractivity (Wildman–Crippen MR) is 139 cm³/mol. The number of nitrogens with zero attached hydrogens (tertiary/aromatic N) is 6. The lowest BCUT2D eigenvalue weighted by Crippen LogP contribution is -2.48. The van der Waals surface area contributed by atoms with Gasteiger partial charge in [-0.3, -0.25) is 13.9 Å². The van der Waals surface area contributed by atoms with Crippen LogP contribution >= 0.6 is 0 Å². The summed E-state index contributed by atoms with van der Waals surface area (Å²) in [5.74, 6) is 5.80. The SMILES string of the molecule is CC#CCn1c(N2CCC[C@@H](NS(C)(=O)=O)C2)nc2c1c(=O)n(Cc1nc3cc(F)ccc3o1)c(=O)n2C. The molecule has 0 radical (unpaired) electrons. The first-order valence-corrected chi connectivity index (χ1v) is 13.8. The number of aromatic nitrogens is 5. The van der Waals surface area contributed by atoms with Gasteiger partial charge in [0.25, 0.3) is 5.56 Å². The van der Waals surface area contributed by atoms with Crippen LogP contribution in [0.15, 0.2) is 32.2 Å². The minimum absolute atomic E-state index is 0.0783. The van der Waals surface area contributed by atoms with E-state index >= 15 is 0 Å². The molecule has 4 heterocycles. The van der Waals surface area contributed by atoms with Crippen molar-refractivity contribution in [1.29, 1.82) is 0 Å². The number of rotatable bonds is 6. The number of anilines is 1. The average molecular weight is 544 g/mol. The van der Waals surface area contributed by atoms with Crippen molar-refractivity contribution in [1.82, 2.24) is 28.4 Å². The van der Waals surface area contributed by atoms with Crippen molar-refractivity contribution >= 4 is 38.2 Å². The highest BCUT2D eigenvalue weighted by Crippen LogP contribution is 2.24. The number of halogens is 1. The van der Waals surface area contributed by atoms with Crippen LogP contribution in [0, 0.1) is 17.7 Å². The summed E-state index contributed by atoms with van der Waals surface area (Å²) in [5.41, 5.74) is -0.258. The van der Waals surface area contributed by atoms with Crippen LogP contribution in [0.3, 0.4) is 0 Å². The minimum Gasteiger partial charge on any atom is -0.439 e. The van der Waals surface area contributed by atoms with E-state index in [1.165, 1.54) is 29.8 Å². The van der Waals surface area contributed by atoms with Gasteiger partial charge in [-0.1, -0.05) is 5.92 Å². The monoisotopic (exact) mass is 543 g/mol. The number of aryl methyl sites for hydroxylation is 1. The first-order valence-electron chi connectivity index (χ1n) is 11.9. The lowest BCUT2D eigenvalue weighted by molar-refractivity contribution is 0.460. The molecular weight excluding hydrogens is 517 g/mol. The van der Waals surface area contributed by atoms with Crippen LogP contribution in [0.2, 0.25) is 0 Å². The van der Waals surface area contributed by atoms with Crippen LogP contribution in [-0.2, 0) is 30.2 Å². The van der Waals surface area contributed by atoms with Gasteiger partial charge >= 0.3 is 5.69 Å². The van der Waals surface area contributed by atoms with E-state index in [4.69, 9.17) is 4.42 Å². The fraction of sp³-hybridized carbons (Fsp3) is 0.417. The number of hydrogen-bond donors (Lipinski definition) is 1. The molecule has 1 aromatic carbocycles. The van der Waals surface area contributed by atoms with Gasteiger partial charge < -0.3 is 9.32 Å². The number of piperidine rings is 1. The Labute approximate surface area is 216 Å². The second-order valence-corrected chi connectivity index (χ2v) is 11.0. The highest BCUT2D eigenvalue weighted by molar-refractivity contribution is 7.88. The van der Waals surface area contributed by atoms with Crippen molar-refractivity contribution < 1.29 is 17.2 Å². The molecule has 3 aromatic heterocycles. The zero-order valence-electron chi connectivity index (χ0n) is 21.1. The molecule has 1 atom stereocenters. The largest absolute Gasteiger partial charge is 0.439 e. The van der Waals surface area contributed by atoms with Crippen LogP contribution in [0.4, 0.5) is 10.3 Å². The molecule has 4 aromatic rings. The molecule has 38 heavy (non-hydrogen) atoms. The van der Waals surface area contributed by atoms with Gasteiger partial charge in [-0.25, -0.2) is 31.9 Å². The van der Waals surface area contributed by atoms with Crippen molar-refractivity contribution in [2.45, 2.75) is 38.9 Å². The van der Waals surface area contributed by atoms with Gasteiger partial charge in [0.05, 0.1) is 12.8 Å². The molecule has 1 fully saturated rings. The lowest BCUT2D eigenvalue weighted by Gasteiger charge is -2.33. The van der Waals surface area contributed by atoms with Crippen molar-refractivity contribution in [3.63, 3.8) is 0 Å². The zero-order chi connectivity index (χ0) is 27.2. The fourth-order valence-corrected chi connectivity index (χ4v) is 5.56. The summed E-state index contributed by atoms with van der Waals surface area (Å²) >= 11 is 0. The summed E-state index contributed by atoms with van der Waals surface area (Å²) in [6.45, 7) is 2.49. The molecule has 0 saturated carbocycles. The molecule has 1 N–H and O–H groups in total. The Balaban J connectivity index is 1.62. The Morgan fingerprint density at radius 2 is 2.03 bits per heavy atom. The van der Waals surface area contributed by atoms with E-state index in [0.717, 1.165) is 10.8 Å². The number of sulfonamides is 1. The molecule has 0 spiro atoms. The van der Waals surface area contributed by atoms with Crippen molar-refractivity contribution in [3.8, 4) is 11.8 Å². The molecule has 14 heteroatoms. The quantitative estimate of drug-likeness (QED) is 0.352. The van der Waals surface area contributed by atoms with Gasteiger partial charge in [-0.2, -0.15) is 4.98 Å². The Hall–Kier alpha value is -3.96. The predicted octanol–water partition coefficient (Wildman–Crippen LogP) is 0.767. The van der Waals surface area contributed by atoms with Crippen molar-refractivity contribution in [2.75, 3.05) is 24.2 Å². The Bertz CT molecular complexity index is 1840. The van der Waals surface area contributed by atoms with E-state index in [-0.39, 0.29) is 41.7 Å². The summed E-state index contributed by atoms with van der Waals surface area (Å²) in [7, 11) is -1.89. The lowest BCUT2D eigenvalue weighted by atomic mass is 10.1. The number of nitrogens with one attached hydrogen (secondary N) is 1. The van der Waals surface area contributed by atoms with E-state index < -0.39 is 27.1 Å². The molecule has 1 aliphatic rings. The first-order chi connectivity index (χ1) is 18.1. The first kappa shape index (κ1) is 25.7. The molecule has 5 rings (SSSR count). The van der Waals surface area contributed by atoms with Gasteiger partial charge in [0.1, 0.15) is 17.9 Å². The topological polar surface area (TPSA) is 137 Å². The summed E-state index contributed by atoms with van der Waals surface area (Å²) in [4.78, 5) is 37.7. The third kappa shape index (κ3) is 4.82. The van der Waals surface area contributed by atoms with Gasteiger partial charge in [-0.15, -0.1) is 5.92 Å². The Kier molecular flexibility index (Phi) is 6.58. The van der Waals surface area contributed by atoms with Gasteiger partial charge in [-0.05, 0) is 31.9 Å². The standard InChI is InChI=1S/C24H26FN7O5S/c1-4-5-11-31-20-21(27-23(31)30-10-6-7-16(13-30)28-38(3,35)36)29(2)24(34)32(22(20)33)14-19-26-17-12-15(25)8-9-18(17)37-19/h8-9,12,16,28H,6-7,10-11,13-14H2,1-3H3/t16-/m1/s1. The molecule has 0 unspecified atom stereocenters. The normalized spacial score (nSPS) is 16.2. The average Bonchev–Trinajstić information content (AvgIpc) is 3.44. The van der Waals surface area contributed by atoms with E-state index in [9.17, 15) is 22.4 Å². The third-order valence-electron chi connectivity index (χ3n) is 6.40. The summed E-state index contributed by atoms with van der Waals surface area (Å²) in [5, 5.41) is 0. The van der Waals surface area contributed by atoms with Crippen molar-refractivity contribution in [3.05, 3.63) is 50.7 Å². The zero-order valence-corrected chi connectivity index (χ0v) is 21.9. The molecule has 1 saturated heterocycles. The third-order valence-corrected chi connectivity index (χ3v) is 7.16. The smallest absolute Gasteiger partial charge is 0.332 e. The second kappa shape index (κ2) is 9.73. The second-order valence-electron chi connectivity index (χ2n) is 9.22. The van der Waals surface area contributed by atoms with E-state index in [1.807, 2.05) is 4.90 Å². The van der Waals surface area contributed by atoms with E-state index in [1.54, 1.807) is 11.5 Å². The maximum atomic E-state index is 13.7. The van der Waals surface area contributed by atoms with Gasteiger partial charge in [0.15, 0.2) is 16.7 Å². The van der Waals surface area contributed by atoms with E-state index in [0.29, 0.717) is 37.5 Å². The fourth-order valence-electron chi connectivity index (χ4n) is 4.76. The molecule has 0 aliphatic carbocycles. The molecular formula is C24H26FN7O5S. The molecule has 200 valence electrons. The maximum absolute atomic E-state index is 13.7. The maximum Gasteiger partial charge on any atom is 0.332 e. The minimum atomic E-state index is -3.41. The number of imidazole rings is 1. The number of oxazole rings is 1. The molecule has 0 amide bonds. The molecule has 1 aliphatic heterocycles. The number of benzene rings is 1. The summed E-state index contributed by atoms with van der Waals surface area (Å²) < 4.78 is 49.4. The summed E-state index contributed by atoms with van der Waals surface area (Å²) in [6.07, 6.45) is 2.49. The van der Waals surface area contributed by atoms with Crippen LogP contribution in [0.1, 0.15) is 25.7 Å². The van der Waals surface area contributed by atoms with Crippen LogP contribution in [0.5, 0.6) is 0 Å². The Morgan fingerprint density at radius 3 is 2.76 bits per heavy atom. The molecule has 12 nitrogen and oxygen atoms in total. The van der Waals surface area contributed by atoms with E-state index in [2.05, 4.69) is 26.5 Å².